The van der Waals surface area contributed by atoms with Crippen LogP contribution in [0.4, 0.5) is 9.59 Å². The molecule has 1 aliphatic carbocycles. The van der Waals surface area contributed by atoms with Gasteiger partial charge in [-0.2, -0.15) is 0 Å². The van der Waals surface area contributed by atoms with E-state index in [0.717, 1.165) is 94.6 Å². The minimum Gasteiger partial charge on any atom is -0.453 e. The maximum atomic E-state index is 13.6. The molecular formula is C42H46N8O6. The number of imidazole rings is 2. The van der Waals surface area contributed by atoms with Crippen molar-refractivity contribution in [2.24, 2.45) is 5.92 Å². The lowest BCUT2D eigenvalue weighted by molar-refractivity contribution is -0.135. The molecule has 2 aliphatic heterocycles. The smallest absolute Gasteiger partial charge is 0.407 e. The number of carbonyl (C=O) groups is 4. The summed E-state index contributed by atoms with van der Waals surface area (Å²) < 4.78 is 9.44. The van der Waals surface area contributed by atoms with E-state index in [9.17, 15) is 19.2 Å². The van der Waals surface area contributed by atoms with E-state index in [2.05, 4.69) is 91.0 Å². The van der Waals surface area contributed by atoms with E-state index in [1.165, 1.54) is 14.2 Å². The maximum absolute atomic E-state index is 13.6. The van der Waals surface area contributed by atoms with Gasteiger partial charge in [-0.15, -0.1) is 0 Å². The summed E-state index contributed by atoms with van der Waals surface area (Å²) in [6.45, 7) is 2.88. The predicted molar refractivity (Wildman–Crippen MR) is 209 cm³/mol. The number of rotatable bonds is 10. The number of hydrogen-bond donors (Lipinski definition) is 4. The molecule has 8 rings (SSSR count). The zero-order chi connectivity index (χ0) is 38.9. The standard InChI is InChI=1S/C42H46N8O6/c1-24(45-41(53)55-2)39(51)49-18-4-6-34(49)37-44-23-33(47-37)31-17-16-29-20-28(14-15-30(29)21-31)25-8-10-26(11-9-25)32-22-43-38(46-32)35-7-5-19-50(35)40(52)36(27-12-13-27)48-42(54)56-3/h8-11,14-17,20-24,27,34-36H,4-7,12-13,18-19H2,1-3H3,(H,43,46)(H,44,47)(H,45,53)(H,48,54)/t24-,34-,35-,36-/m0/s1. The zero-order valence-electron chi connectivity index (χ0n) is 31.7. The molecule has 290 valence electrons. The van der Waals surface area contributed by atoms with Gasteiger partial charge in [0.05, 0.1) is 50.1 Å². The van der Waals surface area contributed by atoms with Crippen LogP contribution in [0.2, 0.25) is 0 Å². The molecule has 4 atom stereocenters. The van der Waals surface area contributed by atoms with E-state index in [-0.39, 0.29) is 29.8 Å². The fourth-order valence-electron chi connectivity index (χ4n) is 8.09. The summed E-state index contributed by atoms with van der Waals surface area (Å²) in [6.07, 6.45) is 7.56. The van der Waals surface area contributed by atoms with E-state index >= 15 is 0 Å². The second-order valence-corrected chi connectivity index (χ2v) is 14.9. The van der Waals surface area contributed by atoms with Gasteiger partial charge in [0, 0.05) is 18.7 Å². The quantitative estimate of drug-likeness (QED) is 0.125. The number of nitrogens with one attached hydrogen (secondary N) is 4. The number of benzene rings is 3. The van der Waals surface area contributed by atoms with Crippen LogP contribution in [0, 0.1) is 5.92 Å². The van der Waals surface area contributed by atoms with Crippen LogP contribution in [0.15, 0.2) is 73.1 Å². The number of alkyl carbamates (subject to hydrolysis) is 2. The van der Waals surface area contributed by atoms with Gasteiger partial charge in [-0.25, -0.2) is 19.6 Å². The van der Waals surface area contributed by atoms with Crippen molar-refractivity contribution in [3.8, 4) is 33.6 Å². The number of carbonyl (C=O) groups excluding carboxylic acids is 4. The van der Waals surface area contributed by atoms with E-state index in [0.29, 0.717) is 13.1 Å². The van der Waals surface area contributed by atoms with Crippen LogP contribution >= 0.6 is 0 Å². The van der Waals surface area contributed by atoms with Crippen molar-refractivity contribution < 1.29 is 28.7 Å². The van der Waals surface area contributed by atoms with Crippen LogP contribution in [0.25, 0.3) is 44.4 Å². The number of H-pyrrole nitrogens is 2. The first-order valence-corrected chi connectivity index (χ1v) is 19.3. The monoisotopic (exact) mass is 758 g/mol. The molecule has 2 aromatic heterocycles. The Labute approximate surface area is 324 Å². The molecular weight excluding hydrogens is 713 g/mol. The van der Waals surface area contributed by atoms with Crippen molar-refractivity contribution in [2.45, 2.75) is 69.6 Å². The van der Waals surface area contributed by atoms with E-state index in [4.69, 9.17) is 9.72 Å². The Morgan fingerprint density at radius 3 is 1.75 bits per heavy atom. The molecule has 14 heteroatoms. The number of methoxy groups -OCH3 is 2. The highest BCUT2D eigenvalue weighted by atomic mass is 16.5. The minimum atomic E-state index is -0.705. The number of amides is 4. The molecule has 3 fully saturated rings. The summed E-state index contributed by atoms with van der Waals surface area (Å²) in [5.74, 6) is 1.38. The van der Waals surface area contributed by atoms with Crippen molar-refractivity contribution >= 4 is 34.8 Å². The molecule has 2 saturated heterocycles. The summed E-state index contributed by atoms with van der Waals surface area (Å²) in [5, 5.41) is 7.52. The third-order valence-corrected chi connectivity index (χ3v) is 11.3. The molecule has 4 heterocycles. The normalized spacial score (nSPS) is 19.1. The van der Waals surface area contributed by atoms with Crippen LogP contribution in [0.3, 0.4) is 0 Å². The van der Waals surface area contributed by atoms with Crippen LogP contribution < -0.4 is 10.6 Å². The number of likely N-dealkylation sites (tertiary alicyclic amines) is 2. The molecule has 3 aromatic carbocycles. The third kappa shape index (κ3) is 7.42. The number of hydrogen-bond acceptors (Lipinski definition) is 8. The Balaban J connectivity index is 0.933. The Morgan fingerprint density at radius 1 is 0.661 bits per heavy atom. The molecule has 0 unspecified atom stereocenters. The predicted octanol–water partition coefficient (Wildman–Crippen LogP) is 6.49. The number of ether oxygens (including phenoxy) is 2. The average molecular weight is 759 g/mol. The third-order valence-electron chi connectivity index (χ3n) is 11.3. The van der Waals surface area contributed by atoms with E-state index < -0.39 is 24.3 Å². The van der Waals surface area contributed by atoms with E-state index in [1.807, 2.05) is 17.3 Å². The Bertz CT molecular complexity index is 2260. The van der Waals surface area contributed by atoms with Crippen molar-refractivity contribution in [1.82, 2.24) is 40.4 Å². The van der Waals surface area contributed by atoms with Gasteiger partial charge in [-0.05, 0) is 91.0 Å². The highest BCUT2D eigenvalue weighted by molar-refractivity contribution is 5.91. The van der Waals surface area contributed by atoms with Crippen molar-refractivity contribution in [3.05, 3.63) is 84.7 Å². The molecule has 0 spiro atoms. The van der Waals surface area contributed by atoms with Gasteiger partial charge in [0.25, 0.3) is 0 Å². The molecule has 56 heavy (non-hydrogen) atoms. The lowest BCUT2D eigenvalue weighted by Gasteiger charge is -2.28. The van der Waals surface area contributed by atoms with Gasteiger partial charge < -0.3 is 39.9 Å². The van der Waals surface area contributed by atoms with Crippen molar-refractivity contribution in [2.75, 3.05) is 27.3 Å². The number of aromatic nitrogens is 4. The van der Waals surface area contributed by atoms with Crippen LogP contribution in [-0.2, 0) is 19.1 Å². The molecule has 5 aromatic rings. The first kappa shape index (κ1) is 36.8. The molecule has 1 saturated carbocycles. The highest BCUT2D eigenvalue weighted by Gasteiger charge is 2.43. The number of aromatic amines is 2. The van der Waals surface area contributed by atoms with Gasteiger partial charge in [0.2, 0.25) is 11.8 Å². The van der Waals surface area contributed by atoms with Gasteiger partial charge in [0.15, 0.2) is 0 Å². The molecule has 4 N–H and O–H groups in total. The van der Waals surface area contributed by atoms with Gasteiger partial charge in [0.1, 0.15) is 23.7 Å². The first-order chi connectivity index (χ1) is 27.2. The minimum absolute atomic E-state index is 0.0755. The van der Waals surface area contributed by atoms with Crippen LogP contribution in [0.1, 0.15) is 69.2 Å². The van der Waals surface area contributed by atoms with Crippen molar-refractivity contribution in [3.63, 3.8) is 0 Å². The lowest BCUT2D eigenvalue weighted by atomic mass is 9.98. The van der Waals surface area contributed by atoms with E-state index in [1.54, 1.807) is 11.8 Å². The summed E-state index contributed by atoms with van der Waals surface area (Å²) in [4.78, 5) is 70.3. The van der Waals surface area contributed by atoms with Crippen LogP contribution in [-0.4, -0.2) is 93.1 Å². The largest absolute Gasteiger partial charge is 0.453 e. The Morgan fingerprint density at radius 2 is 1.16 bits per heavy atom. The maximum Gasteiger partial charge on any atom is 0.407 e. The van der Waals surface area contributed by atoms with Gasteiger partial charge >= 0.3 is 12.2 Å². The van der Waals surface area contributed by atoms with Crippen molar-refractivity contribution in [1.29, 1.82) is 0 Å². The molecule has 3 aliphatic rings. The average Bonchev–Trinajstić information content (AvgIpc) is 3.69. The van der Waals surface area contributed by atoms with Crippen LogP contribution in [0.5, 0.6) is 0 Å². The molecule has 0 bridgehead atoms. The fraction of sp³-hybridized carbons (Fsp3) is 0.381. The SMILES string of the molecule is COC(=O)N[C@@H](C)C(=O)N1CCC[C@H]1c1ncc(-c2ccc3cc(-c4ccc(-c5cnc([C@@H]6CCCN6C(=O)[C@@H](NC(=O)OC)C6CC6)[nH]5)cc4)ccc3c2)[nH]1. The highest BCUT2D eigenvalue weighted by Crippen LogP contribution is 2.38. The second kappa shape index (κ2) is 15.5. The van der Waals surface area contributed by atoms with Gasteiger partial charge in [-0.3, -0.25) is 9.59 Å². The fourth-order valence-corrected chi connectivity index (χ4v) is 8.09. The summed E-state index contributed by atoms with van der Waals surface area (Å²) in [5.41, 5.74) is 5.92. The van der Waals surface area contributed by atoms with Gasteiger partial charge in [-0.1, -0.05) is 48.5 Å². The number of fused-ring (bicyclic) bond motifs is 1. The number of nitrogens with zero attached hydrogens (tertiary/aromatic N) is 4. The lowest BCUT2D eigenvalue weighted by Crippen LogP contribution is -2.49. The molecule has 4 amide bonds. The second-order valence-electron chi connectivity index (χ2n) is 14.9. The molecule has 0 radical (unpaired) electrons. The summed E-state index contributed by atoms with van der Waals surface area (Å²) in [6, 6.07) is 19.4. The summed E-state index contributed by atoms with van der Waals surface area (Å²) in [7, 11) is 2.59. The topological polar surface area (TPSA) is 175 Å². The molecule has 14 nitrogen and oxygen atoms in total. The Kier molecular flexibility index (Phi) is 10.2. The summed E-state index contributed by atoms with van der Waals surface area (Å²) >= 11 is 0. The first-order valence-electron chi connectivity index (χ1n) is 19.3. The zero-order valence-corrected chi connectivity index (χ0v) is 31.7. The Hall–Kier alpha value is -6.18.